The number of aromatic nitrogens is 3. The highest BCUT2D eigenvalue weighted by Crippen LogP contribution is 2.28. The van der Waals surface area contributed by atoms with Gasteiger partial charge in [0.15, 0.2) is 5.69 Å². The summed E-state index contributed by atoms with van der Waals surface area (Å²) in [6.07, 6.45) is 5.64. The molecule has 8 nitrogen and oxygen atoms in total. The molecule has 1 aliphatic carbocycles. The summed E-state index contributed by atoms with van der Waals surface area (Å²) < 4.78 is 1.39. The molecule has 0 radical (unpaired) electrons. The molecule has 0 unspecified atom stereocenters. The van der Waals surface area contributed by atoms with Crippen molar-refractivity contribution in [1.29, 1.82) is 0 Å². The van der Waals surface area contributed by atoms with Crippen LogP contribution in [-0.4, -0.2) is 44.2 Å². The molecule has 0 aliphatic heterocycles. The molecule has 8 heteroatoms. The highest BCUT2D eigenvalue weighted by Gasteiger charge is 2.29. The Morgan fingerprint density at radius 1 is 1.45 bits per heavy atom. The first-order valence-corrected chi connectivity index (χ1v) is 6.68. The summed E-state index contributed by atoms with van der Waals surface area (Å²) in [5.74, 6) is -1.11. The van der Waals surface area contributed by atoms with Gasteiger partial charge < -0.3 is 15.7 Å². The number of carbonyl (C=O) groups excluding carboxylic acids is 1. The van der Waals surface area contributed by atoms with E-state index in [0.29, 0.717) is 13.1 Å². The van der Waals surface area contributed by atoms with E-state index in [-0.39, 0.29) is 17.3 Å². The Bertz CT molecular complexity index is 493. The fourth-order valence-electron chi connectivity index (χ4n) is 2.39. The van der Waals surface area contributed by atoms with Crippen LogP contribution in [0.25, 0.3) is 0 Å². The van der Waals surface area contributed by atoms with Gasteiger partial charge in [0.25, 0.3) is 0 Å². The van der Waals surface area contributed by atoms with Crippen LogP contribution < -0.4 is 10.6 Å². The average molecular weight is 281 g/mol. The second-order valence-electron chi connectivity index (χ2n) is 5.32. The SMILES string of the molecule is CC1(NC(=O)NCCn2cc(C(=O)O)nn2)CCCC1. The molecule has 1 aromatic heterocycles. The molecule has 0 atom stereocenters. The summed E-state index contributed by atoms with van der Waals surface area (Å²) >= 11 is 0. The second kappa shape index (κ2) is 5.89. The minimum absolute atomic E-state index is 0.103. The average Bonchev–Trinajstić information content (AvgIpc) is 2.98. The van der Waals surface area contributed by atoms with Crippen molar-refractivity contribution in [1.82, 2.24) is 25.6 Å². The van der Waals surface area contributed by atoms with E-state index in [1.165, 1.54) is 10.9 Å². The fraction of sp³-hybridized carbons (Fsp3) is 0.667. The lowest BCUT2D eigenvalue weighted by Gasteiger charge is -2.25. The van der Waals surface area contributed by atoms with Crippen LogP contribution in [0.2, 0.25) is 0 Å². The van der Waals surface area contributed by atoms with Crippen LogP contribution in [0.15, 0.2) is 6.20 Å². The van der Waals surface area contributed by atoms with E-state index < -0.39 is 5.97 Å². The molecule has 2 amide bonds. The van der Waals surface area contributed by atoms with Crippen molar-refractivity contribution in [3.05, 3.63) is 11.9 Å². The number of aromatic carboxylic acids is 1. The van der Waals surface area contributed by atoms with Crippen molar-refractivity contribution in [2.45, 2.75) is 44.7 Å². The number of urea groups is 1. The minimum atomic E-state index is -1.11. The predicted molar refractivity (Wildman–Crippen MR) is 70.4 cm³/mol. The van der Waals surface area contributed by atoms with E-state index >= 15 is 0 Å². The number of nitrogens with zero attached hydrogens (tertiary/aromatic N) is 3. The van der Waals surface area contributed by atoms with E-state index in [2.05, 4.69) is 27.9 Å². The maximum atomic E-state index is 11.7. The summed E-state index contributed by atoms with van der Waals surface area (Å²) in [6.45, 7) is 2.80. The van der Waals surface area contributed by atoms with Gasteiger partial charge in [-0.3, -0.25) is 0 Å². The first-order valence-electron chi connectivity index (χ1n) is 6.68. The number of carbonyl (C=O) groups is 2. The largest absolute Gasteiger partial charge is 0.476 e. The smallest absolute Gasteiger partial charge is 0.358 e. The molecule has 110 valence electrons. The van der Waals surface area contributed by atoms with E-state index in [0.717, 1.165) is 25.7 Å². The number of hydrogen-bond donors (Lipinski definition) is 3. The Hall–Kier alpha value is -2.12. The molecular formula is C12H19N5O3. The molecule has 0 saturated heterocycles. The van der Waals surface area contributed by atoms with Crippen LogP contribution in [0.5, 0.6) is 0 Å². The standard InChI is InChI=1S/C12H19N5O3/c1-12(4-2-3-5-12)14-11(20)13-6-7-17-8-9(10(18)19)15-16-17/h8H,2-7H2,1H3,(H,18,19)(H2,13,14,20). The van der Waals surface area contributed by atoms with Crippen molar-refractivity contribution >= 4 is 12.0 Å². The number of rotatable bonds is 5. The normalized spacial score (nSPS) is 16.9. The Balaban J connectivity index is 1.72. The number of carboxylic acids is 1. The molecule has 0 aromatic carbocycles. The maximum absolute atomic E-state index is 11.7. The maximum Gasteiger partial charge on any atom is 0.358 e. The van der Waals surface area contributed by atoms with Gasteiger partial charge in [-0.25, -0.2) is 14.3 Å². The highest BCUT2D eigenvalue weighted by molar-refractivity contribution is 5.84. The lowest BCUT2D eigenvalue weighted by Crippen LogP contribution is -2.49. The number of hydrogen-bond acceptors (Lipinski definition) is 4. The number of nitrogens with one attached hydrogen (secondary N) is 2. The molecule has 1 heterocycles. The van der Waals surface area contributed by atoms with E-state index in [9.17, 15) is 9.59 Å². The van der Waals surface area contributed by atoms with Crippen molar-refractivity contribution in [3.63, 3.8) is 0 Å². The first-order chi connectivity index (χ1) is 9.48. The van der Waals surface area contributed by atoms with Gasteiger partial charge in [0, 0.05) is 12.1 Å². The monoisotopic (exact) mass is 281 g/mol. The zero-order valence-corrected chi connectivity index (χ0v) is 11.4. The van der Waals surface area contributed by atoms with Crippen LogP contribution in [0, 0.1) is 0 Å². The van der Waals surface area contributed by atoms with Gasteiger partial charge in [0.1, 0.15) is 0 Å². The molecule has 1 saturated carbocycles. The third kappa shape index (κ3) is 3.69. The van der Waals surface area contributed by atoms with Gasteiger partial charge in [-0.2, -0.15) is 0 Å². The van der Waals surface area contributed by atoms with E-state index in [4.69, 9.17) is 5.11 Å². The third-order valence-corrected chi connectivity index (χ3v) is 3.51. The van der Waals surface area contributed by atoms with Gasteiger partial charge in [-0.1, -0.05) is 18.1 Å². The van der Waals surface area contributed by atoms with Gasteiger partial charge in [-0.05, 0) is 19.8 Å². The summed E-state index contributed by atoms with van der Waals surface area (Å²) in [5, 5.41) is 21.6. The summed E-state index contributed by atoms with van der Waals surface area (Å²) in [4.78, 5) is 22.4. The van der Waals surface area contributed by atoms with Gasteiger partial charge in [0.2, 0.25) is 0 Å². The Kier molecular flexibility index (Phi) is 4.21. The molecule has 0 spiro atoms. The van der Waals surface area contributed by atoms with Crippen LogP contribution in [-0.2, 0) is 6.54 Å². The van der Waals surface area contributed by atoms with Gasteiger partial charge in [-0.15, -0.1) is 5.10 Å². The molecule has 1 fully saturated rings. The second-order valence-corrected chi connectivity index (χ2v) is 5.32. The minimum Gasteiger partial charge on any atom is -0.476 e. The zero-order chi connectivity index (χ0) is 14.6. The highest BCUT2D eigenvalue weighted by atomic mass is 16.4. The Labute approximate surface area is 116 Å². The molecule has 20 heavy (non-hydrogen) atoms. The first kappa shape index (κ1) is 14.3. The Morgan fingerprint density at radius 2 is 2.15 bits per heavy atom. The van der Waals surface area contributed by atoms with Crippen molar-refractivity contribution in [2.75, 3.05) is 6.54 Å². The fourth-order valence-corrected chi connectivity index (χ4v) is 2.39. The number of carboxylic acid groups (broad SMARTS) is 1. The van der Waals surface area contributed by atoms with E-state index in [1.807, 2.05) is 0 Å². The molecule has 1 aliphatic rings. The Morgan fingerprint density at radius 3 is 2.75 bits per heavy atom. The zero-order valence-electron chi connectivity index (χ0n) is 11.4. The molecule has 2 rings (SSSR count). The predicted octanol–water partition coefficient (Wildman–Crippen LogP) is 0.608. The van der Waals surface area contributed by atoms with Crippen LogP contribution in [0.3, 0.4) is 0 Å². The lowest BCUT2D eigenvalue weighted by molar-refractivity contribution is 0.0690. The van der Waals surface area contributed by atoms with Crippen LogP contribution in [0.4, 0.5) is 4.79 Å². The molecular weight excluding hydrogens is 262 g/mol. The quantitative estimate of drug-likeness (QED) is 0.732. The van der Waals surface area contributed by atoms with Gasteiger partial charge in [0.05, 0.1) is 12.7 Å². The van der Waals surface area contributed by atoms with Crippen LogP contribution in [0.1, 0.15) is 43.1 Å². The molecule has 1 aromatic rings. The van der Waals surface area contributed by atoms with Crippen molar-refractivity contribution in [3.8, 4) is 0 Å². The third-order valence-electron chi connectivity index (χ3n) is 3.51. The summed E-state index contributed by atoms with van der Waals surface area (Å²) in [5.41, 5.74) is -0.207. The van der Waals surface area contributed by atoms with Crippen molar-refractivity contribution < 1.29 is 14.7 Å². The van der Waals surface area contributed by atoms with Crippen LogP contribution >= 0.6 is 0 Å². The summed E-state index contributed by atoms with van der Waals surface area (Å²) in [6, 6.07) is -0.201. The van der Waals surface area contributed by atoms with Crippen molar-refractivity contribution in [2.24, 2.45) is 0 Å². The summed E-state index contributed by atoms with van der Waals surface area (Å²) in [7, 11) is 0. The number of amides is 2. The lowest BCUT2D eigenvalue weighted by atomic mass is 10.0. The van der Waals surface area contributed by atoms with Gasteiger partial charge >= 0.3 is 12.0 Å². The van der Waals surface area contributed by atoms with E-state index in [1.54, 1.807) is 0 Å². The topological polar surface area (TPSA) is 109 Å². The molecule has 0 bridgehead atoms. The molecule has 3 N–H and O–H groups in total.